The minimum atomic E-state index is 0.0254. The Bertz CT molecular complexity index is 393. The van der Waals surface area contributed by atoms with Crippen molar-refractivity contribution in [2.45, 2.75) is 18.9 Å². The number of nitrogens with zero attached hydrogens (tertiary/aromatic N) is 2. The number of likely N-dealkylation sites (N-methyl/N-ethyl adjacent to an activating group) is 1. The summed E-state index contributed by atoms with van der Waals surface area (Å²) in [6.07, 6.45) is 3.84. The van der Waals surface area contributed by atoms with Crippen molar-refractivity contribution in [3.63, 3.8) is 0 Å². The maximum Gasteiger partial charge on any atom is 0.272 e. The molecule has 1 atom stereocenters. The zero-order valence-corrected chi connectivity index (χ0v) is 11.4. The fraction of sp³-hybridized carbons (Fsp3) is 0.500. The van der Waals surface area contributed by atoms with Crippen LogP contribution in [0.25, 0.3) is 0 Å². The predicted molar refractivity (Wildman–Crippen MR) is 69.9 cm³/mol. The van der Waals surface area contributed by atoms with Crippen molar-refractivity contribution in [3.05, 3.63) is 28.5 Å². The molecule has 17 heavy (non-hydrogen) atoms. The van der Waals surface area contributed by atoms with Crippen LogP contribution in [0.1, 0.15) is 23.3 Å². The number of nitrogens with one attached hydrogen (secondary N) is 1. The molecule has 1 saturated heterocycles. The first-order chi connectivity index (χ1) is 8.20. The molecule has 1 aliphatic heterocycles. The molecule has 2 rings (SSSR count). The van der Waals surface area contributed by atoms with E-state index < -0.39 is 0 Å². The number of piperidine rings is 1. The Morgan fingerprint density at radius 1 is 1.59 bits per heavy atom. The van der Waals surface area contributed by atoms with Crippen LogP contribution in [0.5, 0.6) is 0 Å². The Hall–Kier alpha value is -0.940. The van der Waals surface area contributed by atoms with E-state index in [2.05, 4.69) is 26.2 Å². The number of likely N-dealkylation sites (tertiary alicyclic amines) is 1. The maximum absolute atomic E-state index is 12.2. The predicted octanol–water partition coefficient (Wildman–Crippen LogP) is 1.67. The van der Waals surface area contributed by atoms with Gasteiger partial charge in [-0.25, -0.2) is 4.98 Å². The molecular formula is C12H16BrN3O. The highest BCUT2D eigenvalue weighted by molar-refractivity contribution is 9.10. The molecule has 0 aliphatic carbocycles. The number of hydrogen-bond donors (Lipinski definition) is 1. The van der Waals surface area contributed by atoms with Gasteiger partial charge in [-0.1, -0.05) is 0 Å². The standard InChI is InChI=1S/C12H16BrN3O/c1-14-10-3-2-6-16(8-10)12(17)11-5-4-9(13)7-15-11/h4-5,7,10,14H,2-3,6,8H2,1H3/t10-/m0/s1. The molecule has 1 fully saturated rings. The third-order valence-electron chi connectivity index (χ3n) is 3.06. The summed E-state index contributed by atoms with van der Waals surface area (Å²) in [6, 6.07) is 4.01. The van der Waals surface area contributed by atoms with Crippen molar-refractivity contribution >= 4 is 21.8 Å². The lowest BCUT2D eigenvalue weighted by atomic mass is 10.1. The van der Waals surface area contributed by atoms with Gasteiger partial charge in [0, 0.05) is 29.8 Å². The third kappa shape index (κ3) is 3.04. The molecule has 4 nitrogen and oxygen atoms in total. The fourth-order valence-corrected chi connectivity index (χ4v) is 2.30. The second-order valence-electron chi connectivity index (χ2n) is 4.24. The minimum Gasteiger partial charge on any atom is -0.336 e. The zero-order valence-electron chi connectivity index (χ0n) is 9.82. The highest BCUT2D eigenvalue weighted by Crippen LogP contribution is 2.14. The smallest absolute Gasteiger partial charge is 0.272 e. The molecule has 0 unspecified atom stereocenters. The molecule has 1 aromatic rings. The average Bonchev–Trinajstić information content (AvgIpc) is 2.39. The monoisotopic (exact) mass is 297 g/mol. The molecule has 0 spiro atoms. The number of pyridine rings is 1. The Balaban J connectivity index is 2.06. The molecular weight excluding hydrogens is 282 g/mol. The second kappa shape index (κ2) is 5.60. The molecule has 0 radical (unpaired) electrons. The van der Waals surface area contributed by atoms with Crippen molar-refractivity contribution in [3.8, 4) is 0 Å². The van der Waals surface area contributed by atoms with Crippen LogP contribution in [0.2, 0.25) is 0 Å². The summed E-state index contributed by atoms with van der Waals surface area (Å²) in [5.74, 6) is 0.0254. The second-order valence-corrected chi connectivity index (χ2v) is 5.16. The quantitative estimate of drug-likeness (QED) is 0.903. The lowest BCUT2D eigenvalue weighted by Crippen LogP contribution is -2.47. The van der Waals surface area contributed by atoms with Gasteiger partial charge in [-0.15, -0.1) is 0 Å². The first-order valence-electron chi connectivity index (χ1n) is 5.79. The SMILES string of the molecule is CN[C@H]1CCCN(C(=O)c2ccc(Br)cn2)C1. The third-order valence-corrected chi connectivity index (χ3v) is 3.53. The summed E-state index contributed by atoms with van der Waals surface area (Å²) in [5.41, 5.74) is 0.518. The number of halogens is 1. The van der Waals surface area contributed by atoms with Gasteiger partial charge in [0.25, 0.3) is 5.91 Å². The van der Waals surface area contributed by atoms with Crippen LogP contribution in [0.15, 0.2) is 22.8 Å². The number of rotatable bonds is 2. The molecule has 0 aromatic carbocycles. The van der Waals surface area contributed by atoms with Crippen molar-refractivity contribution in [1.29, 1.82) is 0 Å². The summed E-state index contributed by atoms with van der Waals surface area (Å²) in [6.45, 7) is 1.60. The number of amides is 1. The average molecular weight is 298 g/mol. The molecule has 1 aliphatic rings. The van der Waals surface area contributed by atoms with Crippen molar-refractivity contribution in [2.24, 2.45) is 0 Å². The lowest BCUT2D eigenvalue weighted by Gasteiger charge is -2.32. The van der Waals surface area contributed by atoms with E-state index >= 15 is 0 Å². The van der Waals surface area contributed by atoms with Gasteiger partial charge in [0.05, 0.1) is 0 Å². The lowest BCUT2D eigenvalue weighted by molar-refractivity contribution is 0.0692. The molecule has 1 N–H and O–H groups in total. The van der Waals surface area contributed by atoms with Crippen molar-refractivity contribution < 1.29 is 4.79 Å². The minimum absolute atomic E-state index is 0.0254. The maximum atomic E-state index is 12.2. The summed E-state index contributed by atoms with van der Waals surface area (Å²) in [7, 11) is 1.94. The van der Waals surface area contributed by atoms with E-state index in [0.29, 0.717) is 11.7 Å². The van der Waals surface area contributed by atoms with Gasteiger partial charge in [-0.3, -0.25) is 4.79 Å². The summed E-state index contributed by atoms with van der Waals surface area (Å²) in [4.78, 5) is 18.2. The Morgan fingerprint density at radius 2 is 2.41 bits per heavy atom. The zero-order chi connectivity index (χ0) is 12.3. The van der Waals surface area contributed by atoms with Crippen LogP contribution in [-0.4, -0.2) is 42.0 Å². The van der Waals surface area contributed by atoms with Crippen molar-refractivity contribution in [1.82, 2.24) is 15.2 Å². The van der Waals surface area contributed by atoms with E-state index in [9.17, 15) is 4.79 Å². The van der Waals surface area contributed by atoms with Crippen molar-refractivity contribution in [2.75, 3.05) is 20.1 Å². The molecule has 92 valence electrons. The van der Waals surface area contributed by atoms with Crippen LogP contribution in [0.4, 0.5) is 0 Å². The van der Waals surface area contributed by atoms with E-state index in [1.807, 2.05) is 18.0 Å². The highest BCUT2D eigenvalue weighted by atomic mass is 79.9. The van der Waals surface area contributed by atoms with Crippen LogP contribution < -0.4 is 5.32 Å². The van der Waals surface area contributed by atoms with E-state index in [0.717, 1.165) is 30.4 Å². The molecule has 5 heteroatoms. The largest absolute Gasteiger partial charge is 0.336 e. The Labute approximate surface area is 110 Å². The number of carbonyl (C=O) groups is 1. The number of carbonyl (C=O) groups excluding carboxylic acids is 1. The Morgan fingerprint density at radius 3 is 3.06 bits per heavy atom. The van der Waals surface area contributed by atoms with E-state index in [4.69, 9.17) is 0 Å². The fourth-order valence-electron chi connectivity index (χ4n) is 2.06. The van der Waals surface area contributed by atoms with Crippen LogP contribution >= 0.6 is 15.9 Å². The van der Waals surface area contributed by atoms with E-state index in [1.165, 1.54) is 0 Å². The number of hydrogen-bond acceptors (Lipinski definition) is 3. The van der Waals surface area contributed by atoms with Crippen LogP contribution in [0.3, 0.4) is 0 Å². The highest BCUT2D eigenvalue weighted by Gasteiger charge is 2.23. The first-order valence-corrected chi connectivity index (χ1v) is 6.58. The topological polar surface area (TPSA) is 45.2 Å². The van der Waals surface area contributed by atoms with E-state index in [1.54, 1.807) is 12.3 Å². The normalized spacial score (nSPS) is 20.4. The van der Waals surface area contributed by atoms with Crippen LogP contribution in [-0.2, 0) is 0 Å². The molecule has 1 aromatic heterocycles. The molecule has 2 heterocycles. The van der Waals surface area contributed by atoms with Gasteiger partial charge < -0.3 is 10.2 Å². The Kier molecular flexibility index (Phi) is 4.12. The van der Waals surface area contributed by atoms with Gasteiger partial charge in [-0.2, -0.15) is 0 Å². The molecule has 0 saturated carbocycles. The van der Waals surface area contributed by atoms with Gasteiger partial charge in [0.1, 0.15) is 5.69 Å². The van der Waals surface area contributed by atoms with E-state index in [-0.39, 0.29) is 5.91 Å². The van der Waals surface area contributed by atoms with Gasteiger partial charge in [-0.05, 0) is 48.0 Å². The summed E-state index contributed by atoms with van der Waals surface area (Å²) >= 11 is 3.31. The number of aromatic nitrogens is 1. The van der Waals surface area contributed by atoms with Gasteiger partial charge in [0.15, 0.2) is 0 Å². The summed E-state index contributed by atoms with van der Waals surface area (Å²) < 4.78 is 0.890. The summed E-state index contributed by atoms with van der Waals surface area (Å²) in [5, 5.41) is 3.23. The van der Waals surface area contributed by atoms with Gasteiger partial charge >= 0.3 is 0 Å². The van der Waals surface area contributed by atoms with Gasteiger partial charge in [0.2, 0.25) is 0 Å². The van der Waals surface area contributed by atoms with Crippen LogP contribution in [0, 0.1) is 0 Å². The molecule has 1 amide bonds. The first kappa shape index (κ1) is 12.5. The molecule has 0 bridgehead atoms.